The van der Waals surface area contributed by atoms with Gasteiger partial charge in [0.05, 0.1) is 30.1 Å². The highest BCUT2D eigenvalue weighted by Gasteiger charge is 2.20. The Morgan fingerprint density at radius 1 is 1.17 bits per heavy atom. The van der Waals surface area contributed by atoms with E-state index in [2.05, 4.69) is 15.0 Å². The number of fused-ring (bicyclic) bond motifs is 2. The zero-order valence-corrected chi connectivity index (χ0v) is 15.7. The van der Waals surface area contributed by atoms with Crippen LogP contribution in [-0.2, 0) is 6.54 Å². The Balaban J connectivity index is 1.56. The summed E-state index contributed by atoms with van der Waals surface area (Å²) >= 11 is 0. The van der Waals surface area contributed by atoms with Crippen molar-refractivity contribution in [3.63, 3.8) is 0 Å². The van der Waals surface area contributed by atoms with Crippen molar-refractivity contribution in [2.75, 3.05) is 20.3 Å². The van der Waals surface area contributed by atoms with Gasteiger partial charge in [0.25, 0.3) is 5.56 Å². The van der Waals surface area contributed by atoms with Gasteiger partial charge in [0.15, 0.2) is 11.5 Å². The summed E-state index contributed by atoms with van der Waals surface area (Å²) in [6.07, 6.45) is 3.53. The molecule has 0 saturated heterocycles. The van der Waals surface area contributed by atoms with Gasteiger partial charge >= 0.3 is 0 Å². The van der Waals surface area contributed by atoms with Gasteiger partial charge in [-0.3, -0.25) is 4.79 Å². The summed E-state index contributed by atoms with van der Waals surface area (Å²) < 4.78 is 18.8. The monoisotopic (exact) mass is 390 g/mol. The maximum atomic E-state index is 12.4. The number of para-hydroxylation sites is 1. The van der Waals surface area contributed by atoms with E-state index in [-0.39, 0.29) is 5.56 Å². The highest BCUT2D eigenvalue weighted by molar-refractivity contribution is 5.77. The molecule has 0 saturated carbocycles. The number of methoxy groups -OCH3 is 1. The number of aromatic nitrogens is 4. The lowest BCUT2D eigenvalue weighted by Crippen LogP contribution is -2.16. The summed E-state index contributed by atoms with van der Waals surface area (Å²) in [6.45, 7) is 1.35. The summed E-state index contributed by atoms with van der Waals surface area (Å²) in [5.74, 6) is 3.15. The van der Waals surface area contributed by atoms with Crippen molar-refractivity contribution in [1.82, 2.24) is 19.5 Å². The Bertz CT molecular complexity index is 1260. The first-order chi connectivity index (χ1) is 14.2. The number of imidazole rings is 1. The molecule has 1 aliphatic heterocycles. The van der Waals surface area contributed by atoms with Crippen molar-refractivity contribution >= 4 is 10.9 Å². The largest absolute Gasteiger partial charge is 0.496 e. The maximum Gasteiger partial charge on any atom is 0.258 e. The van der Waals surface area contributed by atoms with Crippen LogP contribution in [0.4, 0.5) is 0 Å². The number of hydrogen-bond acceptors (Lipinski definition) is 6. The predicted molar refractivity (Wildman–Crippen MR) is 107 cm³/mol. The second-order valence-corrected chi connectivity index (χ2v) is 6.60. The summed E-state index contributed by atoms with van der Waals surface area (Å²) in [6, 6.07) is 10.9. The molecule has 0 atom stereocenters. The highest BCUT2D eigenvalue weighted by Crippen LogP contribution is 2.41. The molecule has 2 aromatic carbocycles. The Labute approximate surface area is 165 Å². The third kappa shape index (κ3) is 3.08. The van der Waals surface area contributed by atoms with Crippen molar-refractivity contribution in [2.45, 2.75) is 6.54 Å². The molecule has 2 aromatic heterocycles. The fourth-order valence-corrected chi connectivity index (χ4v) is 3.47. The van der Waals surface area contributed by atoms with Crippen LogP contribution in [0, 0.1) is 0 Å². The minimum Gasteiger partial charge on any atom is -0.496 e. The second-order valence-electron chi connectivity index (χ2n) is 6.60. The van der Waals surface area contributed by atoms with E-state index >= 15 is 0 Å². The van der Waals surface area contributed by atoms with Crippen LogP contribution in [0.3, 0.4) is 0 Å². The minimum absolute atomic E-state index is 0.163. The number of benzene rings is 2. The molecule has 4 aromatic rings. The standard InChI is InChI=1S/C21H18N4O4/c1-27-16-11-18-17(28-8-9-29-18)10-14(16)20-22-6-7-25(20)12-19-23-15-5-3-2-4-13(15)21(26)24-19/h2-7,10-11H,8-9,12H2,1H3,(H,23,24,26). The lowest BCUT2D eigenvalue weighted by molar-refractivity contribution is 0.171. The molecule has 1 aliphatic rings. The molecule has 1 N–H and O–H groups in total. The van der Waals surface area contributed by atoms with Crippen LogP contribution in [0.5, 0.6) is 17.2 Å². The van der Waals surface area contributed by atoms with Crippen LogP contribution < -0.4 is 19.8 Å². The molecule has 146 valence electrons. The molecule has 8 nitrogen and oxygen atoms in total. The van der Waals surface area contributed by atoms with Gasteiger partial charge in [0.1, 0.15) is 30.6 Å². The van der Waals surface area contributed by atoms with E-state index in [0.29, 0.717) is 59.6 Å². The van der Waals surface area contributed by atoms with Crippen LogP contribution in [-0.4, -0.2) is 39.8 Å². The lowest BCUT2D eigenvalue weighted by atomic mass is 10.1. The Kier molecular flexibility index (Phi) is 4.16. The van der Waals surface area contributed by atoms with Crippen molar-refractivity contribution in [2.24, 2.45) is 0 Å². The van der Waals surface area contributed by atoms with E-state index < -0.39 is 0 Å². The SMILES string of the molecule is COc1cc2c(cc1-c1nccn1Cc1nc3ccccc3c(=O)[nH]1)OCCO2. The van der Waals surface area contributed by atoms with Gasteiger partial charge in [0.2, 0.25) is 0 Å². The van der Waals surface area contributed by atoms with E-state index in [1.165, 1.54) is 0 Å². The number of rotatable bonds is 4. The van der Waals surface area contributed by atoms with Crippen LogP contribution in [0.25, 0.3) is 22.3 Å². The molecule has 0 unspecified atom stereocenters. The number of nitrogens with zero attached hydrogens (tertiary/aromatic N) is 3. The number of nitrogens with one attached hydrogen (secondary N) is 1. The first-order valence-corrected chi connectivity index (χ1v) is 9.20. The van der Waals surface area contributed by atoms with Gasteiger partial charge < -0.3 is 23.8 Å². The summed E-state index contributed by atoms with van der Waals surface area (Å²) in [5.41, 5.74) is 1.26. The van der Waals surface area contributed by atoms with Crippen molar-refractivity contribution in [3.05, 3.63) is 65.0 Å². The third-order valence-corrected chi connectivity index (χ3v) is 4.80. The summed E-state index contributed by atoms with van der Waals surface area (Å²) in [7, 11) is 1.60. The lowest BCUT2D eigenvalue weighted by Gasteiger charge is -2.21. The summed E-state index contributed by atoms with van der Waals surface area (Å²) in [4.78, 5) is 24.3. The van der Waals surface area contributed by atoms with Crippen LogP contribution in [0.1, 0.15) is 5.82 Å². The molecule has 29 heavy (non-hydrogen) atoms. The average molecular weight is 390 g/mol. The number of aromatic amines is 1. The average Bonchev–Trinajstić information content (AvgIpc) is 3.20. The molecule has 0 fully saturated rings. The Hall–Kier alpha value is -3.81. The van der Waals surface area contributed by atoms with Gasteiger partial charge in [-0.2, -0.15) is 0 Å². The van der Waals surface area contributed by atoms with E-state index in [1.807, 2.05) is 35.0 Å². The predicted octanol–water partition coefficient (Wildman–Crippen LogP) is 2.61. The van der Waals surface area contributed by atoms with Gasteiger partial charge in [0, 0.05) is 18.5 Å². The van der Waals surface area contributed by atoms with Gasteiger partial charge in [-0.15, -0.1) is 0 Å². The van der Waals surface area contributed by atoms with Gasteiger partial charge in [-0.25, -0.2) is 9.97 Å². The topological polar surface area (TPSA) is 91.3 Å². The molecule has 0 radical (unpaired) electrons. The zero-order chi connectivity index (χ0) is 19.8. The number of hydrogen-bond donors (Lipinski definition) is 1. The molecule has 0 spiro atoms. The summed E-state index contributed by atoms with van der Waals surface area (Å²) in [5, 5.41) is 0.565. The number of ether oxygens (including phenoxy) is 3. The molecule has 5 rings (SSSR count). The first-order valence-electron chi connectivity index (χ1n) is 9.20. The van der Waals surface area contributed by atoms with Crippen LogP contribution in [0.15, 0.2) is 53.6 Å². The van der Waals surface area contributed by atoms with Gasteiger partial charge in [-0.05, 0) is 18.2 Å². The maximum absolute atomic E-state index is 12.4. The van der Waals surface area contributed by atoms with Crippen LogP contribution in [0.2, 0.25) is 0 Å². The minimum atomic E-state index is -0.163. The smallest absolute Gasteiger partial charge is 0.258 e. The highest BCUT2D eigenvalue weighted by atomic mass is 16.6. The molecular weight excluding hydrogens is 372 g/mol. The van der Waals surface area contributed by atoms with E-state index in [1.54, 1.807) is 25.4 Å². The first kappa shape index (κ1) is 17.3. The Morgan fingerprint density at radius 3 is 2.79 bits per heavy atom. The normalized spacial score (nSPS) is 12.9. The molecule has 0 amide bonds. The van der Waals surface area contributed by atoms with E-state index in [9.17, 15) is 4.79 Å². The number of H-pyrrole nitrogens is 1. The Morgan fingerprint density at radius 2 is 1.97 bits per heavy atom. The van der Waals surface area contributed by atoms with Crippen molar-refractivity contribution < 1.29 is 14.2 Å². The van der Waals surface area contributed by atoms with E-state index in [0.717, 1.165) is 5.56 Å². The molecule has 0 bridgehead atoms. The molecule has 8 heteroatoms. The third-order valence-electron chi connectivity index (χ3n) is 4.80. The fraction of sp³-hybridized carbons (Fsp3) is 0.190. The van der Waals surface area contributed by atoms with Crippen LogP contribution >= 0.6 is 0 Å². The molecule has 0 aliphatic carbocycles. The van der Waals surface area contributed by atoms with Crippen molar-refractivity contribution in [1.29, 1.82) is 0 Å². The van der Waals surface area contributed by atoms with E-state index in [4.69, 9.17) is 14.2 Å². The molecule has 3 heterocycles. The zero-order valence-electron chi connectivity index (χ0n) is 15.7. The van der Waals surface area contributed by atoms with Gasteiger partial charge in [-0.1, -0.05) is 12.1 Å². The second kappa shape index (κ2) is 6.97. The molecular formula is C21H18N4O4. The quantitative estimate of drug-likeness (QED) is 0.576. The van der Waals surface area contributed by atoms with Crippen molar-refractivity contribution in [3.8, 4) is 28.6 Å². The fourth-order valence-electron chi connectivity index (χ4n) is 3.47.